The Morgan fingerprint density at radius 1 is 0.394 bits per heavy atom. The van der Waals surface area contributed by atoms with Gasteiger partial charge in [-0.1, -0.05) is 259 Å². The molecule has 0 aliphatic heterocycles. The third-order valence-corrected chi connectivity index (χ3v) is 17.7. The van der Waals surface area contributed by atoms with Gasteiger partial charge < -0.3 is 34.7 Å². The van der Waals surface area contributed by atoms with Crippen molar-refractivity contribution < 1.29 is 53.8 Å². The van der Waals surface area contributed by atoms with Gasteiger partial charge in [0, 0.05) is 57.3 Å². The summed E-state index contributed by atoms with van der Waals surface area (Å²) >= 11 is 2.90. The number of rotatable bonds is 20. The number of carbonyl (C=O) groups is 4. The molecule has 0 saturated heterocycles. The predicted molar refractivity (Wildman–Crippen MR) is 400 cm³/mol. The van der Waals surface area contributed by atoms with Gasteiger partial charge in [0.25, 0.3) is 0 Å². The fourth-order valence-electron chi connectivity index (χ4n) is 12.1. The van der Waals surface area contributed by atoms with Crippen molar-refractivity contribution in [1.29, 1.82) is 0 Å². The first kappa shape index (κ1) is 80.8. The molecule has 0 unspecified atom stereocenters. The fourth-order valence-corrected chi connectivity index (χ4v) is 12.4. The maximum atomic E-state index is 12.3. The zero-order chi connectivity index (χ0) is 68.8. The second kappa shape index (κ2) is 45.6. The summed E-state index contributed by atoms with van der Waals surface area (Å²) in [6.07, 6.45) is 19.0. The standard InChI is InChI=1S/2C24H29NO3.C15H13NO.C15H12O.C3H5BrO2.CH4.ClH.H3NO/c1-27-23(26)15-5-3-2-4-10-18-28-25-24-21-13-8-6-11-19(21)16-17-20-12-7-9-14-22(20)24;26-18-21(27)12-4-2-1-3-9-17-28-25-24-22-13-7-5-10-19(22)15-16-20-11-6-8-14-23(20)24;17-16-15-13-7-3-1-5-11(13)9-10-12-6-2-4-8-14(12)15;16-15-13-7-3-1-5-11(13)9-10-12-6-2-4-8-14(12)15;1-6-3(5)2-4;;;1-2/h6-9,11-14H,2-5,10,15-18H2,1H3;5-8,10-11,13-14,26H,1-4,9,12,15-18H2;1-8,17H,9-10H2;1-8H,9-10H2;2H2,1H3;1H4;1H;2H,1H2. The van der Waals surface area contributed by atoms with Crippen LogP contribution in [0.2, 0.25) is 0 Å². The molecule has 12 rings (SSSR count). The number of hydrogen-bond acceptors (Lipinski definition) is 15. The molecule has 4 aliphatic rings. The number of ether oxygens (including phenoxy) is 2. The summed E-state index contributed by atoms with van der Waals surface area (Å²) in [6, 6.07) is 66.0. The highest BCUT2D eigenvalue weighted by Crippen LogP contribution is 2.29. The number of nitrogens with zero attached hydrogens (tertiary/aromatic N) is 3. The van der Waals surface area contributed by atoms with Crippen molar-refractivity contribution in [2.75, 3.05) is 39.4 Å². The Morgan fingerprint density at radius 3 is 0.919 bits per heavy atom. The summed E-state index contributed by atoms with van der Waals surface area (Å²) in [5, 5.41) is 37.4. The van der Waals surface area contributed by atoms with E-state index in [9.17, 15) is 24.4 Å². The van der Waals surface area contributed by atoms with E-state index in [-0.39, 0.29) is 55.3 Å². The van der Waals surface area contributed by atoms with Crippen LogP contribution in [0.3, 0.4) is 0 Å². The maximum absolute atomic E-state index is 12.3. The molecule has 8 aromatic rings. The van der Waals surface area contributed by atoms with Crippen LogP contribution < -0.4 is 5.90 Å². The molecule has 524 valence electrons. The maximum Gasteiger partial charge on any atom is 0.316 e. The van der Waals surface area contributed by atoms with Crippen LogP contribution >= 0.6 is 28.3 Å². The first-order valence-corrected chi connectivity index (χ1v) is 34.7. The third-order valence-electron chi connectivity index (χ3n) is 17.3. The Labute approximate surface area is 599 Å². The molecule has 0 heterocycles. The average molecular weight is 1430 g/mol. The van der Waals surface area contributed by atoms with Crippen LogP contribution in [0.15, 0.2) is 210 Å². The number of aliphatic hydroxyl groups is 1. The molecule has 0 bridgehead atoms. The second-order valence-electron chi connectivity index (χ2n) is 23.6. The highest BCUT2D eigenvalue weighted by atomic mass is 79.9. The molecule has 4 aliphatic carbocycles. The molecule has 5 N–H and O–H groups in total. The summed E-state index contributed by atoms with van der Waals surface area (Å²) in [4.78, 5) is 55.8. The lowest BCUT2D eigenvalue weighted by Gasteiger charge is -2.10. The van der Waals surface area contributed by atoms with Crippen LogP contribution in [-0.2, 0) is 84.9 Å². The van der Waals surface area contributed by atoms with Crippen molar-refractivity contribution in [1.82, 2.24) is 0 Å². The van der Waals surface area contributed by atoms with E-state index >= 15 is 0 Å². The first-order chi connectivity index (χ1) is 47.7. The molecular weight excluding hydrogens is 1330 g/mol. The minimum atomic E-state index is -0.333. The van der Waals surface area contributed by atoms with Crippen molar-refractivity contribution in [3.8, 4) is 0 Å². The number of unbranched alkanes of at least 4 members (excludes halogenated alkanes) is 8. The fraction of sp³-hybridized carbons (Fsp3) is 0.329. The second-order valence-corrected chi connectivity index (χ2v) is 24.2. The lowest BCUT2D eigenvalue weighted by atomic mass is 9.98. The predicted octanol–water partition coefficient (Wildman–Crippen LogP) is 16.5. The zero-order valence-corrected chi connectivity index (χ0v) is 58.7. The van der Waals surface area contributed by atoms with Gasteiger partial charge in [0.05, 0.1) is 14.2 Å². The third kappa shape index (κ3) is 24.8. The van der Waals surface area contributed by atoms with Gasteiger partial charge in [-0.3, -0.25) is 19.2 Å². The van der Waals surface area contributed by atoms with Gasteiger partial charge in [-0.2, -0.15) is 0 Å². The molecule has 0 radical (unpaired) electrons. The summed E-state index contributed by atoms with van der Waals surface area (Å²) < 4.78 is 8.87. The normalized spacial score (nSPS) is 12.2. The molecule has 15 nitrogen and oxygen atoms in total. The average Bonchev–Trinajstić information content (AvgIpc) is 1.67. The number of benzene rings is 8. The number of hydrogen-bond donors (Lipinski definition) is 4. The van der Waals surface area contributed by atoms with Gasteiger partial charge in [0.1, 0.15) is 42.3 Å². The van der Waals surface area contributed by atoms with Crippen molar-refractivity contribution >= 4 is 69.0 Å². The van der Waals surface area contributed by atoms with Gasteiger partial charge in [-0.15, -0.1) is 12.4 Å². The molecule has 0 spiro atoms. The van der Waals surface area contributed by atoms with E-state index in [0.29, 0.717) is 31.8 Å². The molecule has 17 heteroatoms. The number of oxime groups is 3. The van der Waals surface area contributed by atoms with E-state index in [1.807, 2.05) is 72.8 Å². The Kier molecular flexibility index (Phi) is 37.2. The molecule has 0 saturated carbocycles. The van der Waals surface area contributed by atoms with Gasteiger partial charge >= 0.3 is 11.9 Å². The zero-order valence-electron chi connectivity index (χ0n) is 56.3. The molecule has 0 fully saturated rings. The minimum absolute atomic E-state index is 0. The molecule has 99 heavy (non-hydrogen) atoms. The Morgan fingerprint density at radius 2 is 0.646 bits per heavy atom. The summed E-state index contributed by atoms with van der Waals surface area (Å²) in [7, 11) is 2.79. The Bertz CT molecular complexity index is 3570. The number of ketones is 2. The SMILES string of the molecule is C.COC(=O)CBr.COC(=O)CCCCCCCON=C1c2ccccc2CCc2ccccc21.Cl.NO.O=C(CO)CCCCCCCON=C1c2ccccc2CCc2ccccc21.O=C1c2ccccc2CCc2ccccc21.ON=C1c2ccccc2CCc2ccccc21. The van der Waals surface area contributed by atoms with E-state index in [1.54, 1.807) is 0 Å². The number of aryl methyl sites for hydroxylation is 8. The number of carbonyl (C=O) groups excluding carboxylic acids is 4. The number of esters is 2. The molecule has 8 aromatic carbocycles. The van der Waals surface area contributed by atoms with Gasteiger partial charge in [-0.25, -0.2) is 5.90 Å². The lowest BCUT2D eigenvalue weighted by molar-refractivity contribution is -0.141. The van der Waals surface area contributed by atoms with E-state index in [0.717, 1.165) is 149 Å². The number of aliphatic hydroxyl groups excluding tert-OH is 1. The quantitative estimate of drug-likeness (QED) is 0.0184. The Hall–Kier alpha value is -8.90. The van der Waals surface area contributed by atoms with Crippen LogP contribution in [0.25, 0.3) is 0 Å². The summed E-state index contributed by atoms with van der Waals surface area (Å²) in [5.41, 5.74) is 21.2. The smallest absolute Gasteiger partial charge is 0.316 e. The van der Waals surface area contributed by atoms with E-state index in [1.165, 1.54) is 81.0 Å². The largest absolute Gasteiger partial charge is 0.469 e. The van der Waals surface area contributed by atoms with Gasteiger partial charge in [0.2, 0.25) is 0 Å². The Balaban J connectivity index is 0.000000233. The van der Waals surface area contributed by atoms with E-state index < -0.39 is 0 Å². The van der Waals surface area contributed by atoms with Crippen LogP contribution in [0.4, 0.5) is 0 Å². The molecule has 0 atom stereocenters. The first-order valence-electron chi connectivity index (χ1n) is 33.6. The van der Waals surface area contributed by atoms with Crippen molar-refractivity contribution in [3.05, 3.63) is 283 Å². The number of halogens is 2. The molecule has 0 amide bonds. The number of Topliss-reactive ketones (excluding diaryl/α,β-unsaturated/α-hetero) is 1. The number of fused-ring (bicyclic) bond motifs is 8. The lowest BCUT2D eigenvalue weighted by Crippen LogP contribution is -2.07. The number of nitrogens with two attached hydrogens (primary N) is 1. The molecular formula is C82H96BrClN4O11. The number of methoxy groups -OCH3 is 2. The minimum Gasteiger partial charge on any atom is -0.469 e. The van der Waals surface area contributed by atoms with Crippen molar-refractivity contribution in [3.63, 3.8) is 0 Å². The topological polar surface area (TPSA) is 229 Å². The van der Waals surface area contributed by atoms with Gasteiger partial charge in [-0.05, 0) is 134 Å². The monoisotopic (exact) mass is 1430 g/mol. The molecule has 0 aromatic heterocycles. The van der Waals surface area contributed by atoms with Crippen molar-refractivity contribution in [2.24, 2.45) is 21.4 Å². The highest BCUT2D eigenvalue weighted by molar-refractivity contribution is 9.09. The summed E-state index contributed by atoms with van der Waals surface area (Å²) in [6.45, 7) is 0.884. The highest BCUT2D eigenvalue weighted by Gasteiger charge is 2.23. The van der Waals surface area contributed by atoms with Gasteiger partial charge in [0.15, 0.2) is 11.6 Å². The van der Waals surface area contributed by atoms with Crippen LogP contribution in [0.5, 0.6) is 0 Å². The number of alkyl halides is 1. The van der Waals surface area contributed by atoms with Crippen LogP contribution in [0.1, 0.15) is 178 Å². The van der Waals surface area contributed by atoms with E-state index in [2.05, 4.69) is 168 Å². The summed E-state index contributed by atoms with van der Waals surface area (Å²) in [5.74, 6) is 3.24. The van der Waals surface area contributed by atoms with Crippen LogP contribution in [0, 0.1) is 0 Å². The van der Waals surface area contributed by atoms with Crippen LogP contribution in [-0.4, -0.2) is 95.5 Å². The van der Waals surface area contributed by atoms with E-state index in [4.69, 9.17) is 20.0 Å². The van der Waals surface area contributed by atoms with Crippen molar-refractivity contribution in [2.45, 2.75) is 136 Å².